The van der Waals surface area contributed by atoms with Crippen LogP contribution >= 0.6 is 0 Å². The van der Waals surface area contributed by atoms with Gasteiger partial charge in [0.2, 0.25) is 0 Å². The lowest BCUT2D eigenvalue weighted by molar-refractivity contribution is 0.104. The fourth-order valence-corrected chi connectivity index (χ4v) is 8.49. The summed E-state index contributed by atoms with van der Waals surface area (Å²) in [6.45, 7) is 11.3. The van der Waals surface area contributed by atoms with Crippen molar-refractivity contribution in [2.24, 2.45) is 0 Å². The lowest BCUT2D eigenvalue weighted by Crippen LogP contribution is -2.19. The molecule has 2 heteroatoms. The predicted octanol–water partition coefficient (Wildman–Crippen LogP) is 11.3. The van der Waals surface area contributed by atoms with Crippen molar-refractivity contribution in [1.29, 1.82) is 0 Å². The van der Waals surface area contributed by atoms with Gasteiger partial charge < -0.3 is 4.90 Å². The van der Waals surface area contributed by atoms with Crippen LogP contribution in [-0.4, -0.2) is 5.78 Å². The second-order valence-corrected chi connectivity index (χ2v) is 14.2. The SMILES string of the molecule is Cc1ccc2c(c1)C(=O)c1c-2cccc1N(c1ccc2c(c1)C(C)(C)c1ccccc1-2)c1ccc2c(c1)C(C)(C)c1ccccc1-2. The quantitative estimate of drug-likeness (QED) is 0.203. The maximum absolute atomic E-state index is 14.3. The Morgan fingerprint density at radius 3 is 1.54 bits per heavy atom. The van der Waals surface area contributed by atoms with Crippen LogP contribution in [0.4, 0.5) is 17.1 Å². The van der Waals surface area contributed by atoms with Gasteiger partial charge in [0.15, 0.2) is 5.78 Å². The first-order valence-corrected chi connectivity index (χ1v) is 16.2. The van der Waals surface area contributed by atoms with Crippen LogP contribution in [0.1, 0.15) is 71.4 Å². The zero-order valence-electron chi connectivity index (χ0n) is 26.9. The summed E-state index contributed by atoms with van der Waals surface area (Å²) in [5, 5.41) is 0. The molecule has 0 aromatic heterocycles. The van der Waals surface area contributed by atoms with Crippen LogP contribution in [0.15, 0.2) is 121 Å². The molecule has 6 aromatic carbocycles. The van der Waals surface area contributed by atoms with Crippen molar-refractivity contribution in [3.05, 3.63) is 160 Å². The number of fused-ring (bicyclic) bond motifs is 9. The second kappa shape index (κ2) is 9.17. The van der Waals surface area contributed by atoms with Crippen LogP contribution < -0.4 is 4.90 Å². The van der Waals surface area contributed by atoms with E-state index in [0.717, 1.165) is 44.9 Å². The zero-order valence-corrected chi connectivity index (χ0v) is 26.9. The summed E-state index contributed by atoms with van der Waals surface area (Å²) in [5.41, 5.74) is 17.9. The van der Waals surface area contributed by atoms with Crippen molar-refractivity contribution in [2.45, 2.75) is 45.4 Å². The molecule has 0 atom stereocenters. The molecular weight excluding hydrogens is 558 g/mol. The fraction of sp³-hybridized carbons (Fsp3) is 0.159. The van der Waals surface area contributed by atoms with Crippen molar-refractivity contribution < 1.29 is 4.79 Å². The van der Waals surface area contributed by atoms with Gasteiger partial charge in [-0.3, -0.25) is 4.79 Å². The Balaban J connectivity index is 1.29. The number of carbonyl (C=O) groups is 1. The van der Waals surface area contributed by atoms with E-state index in [9.17, 15) is 4.79 Å². The standard InChI is InChI=1S/C44H35NO/c1-26-17-20-29-34-13-10-16-40(41(34)42(46)35(29)23-26)45(27-18-21-32-30-11-6-8-14-36(30)43(2,3)38(32)24-27)28-19-22-33-31-12-7-9-15-37(31)44(4,5)39(33)25-28/h6-25H,1-5H3. The third kappa shape index (κ3) is 3.50. The molecule has 0 N–H and O–H groups in total. The highest BCUT2D eigenvalue weighted by molar-refractivity contribution is 6.25. The van der Waals surface area contributed by atoms with Crippen molar-refractivity contribution in [3.8, 4) is 33.4 Å². The fourth-order valence-electron chi connectivity index (χ4n) is 8.49. The van der Waals surface area contributed by atoms with Crippen molar-refractivity contribution >= 4 is 22.8 Å². The Kier molecular flexibility index (Phi) is 5.41. The van der Waals surface area contributed by atoms with Gasteiger partial charge in [0.25, 0.3) is 0 Å². The summed E-state index contributed by atoms with van der Waals surface area (Å²) < 4.78 is 0. The number of hydrogen-bond donors (Lipinski definition) is 0. The highest BCUT2D eigenvalue weighted by Gasteiger charge is 2.39. The van der Waals surface area contributed by atoms with Crippen molar-refractivity contribution in [1.82, 2.24) is 0 Å². The van der Waals surface area contributed by atoms with Gasteiger partial charge in [-0.25, -0.2) is 0 Å². The molecule has 0 saturated heterocycles. The second-order valence-electron chi connectivity index (χ2n) is 14.2. The Morgan fingerprint density at radius 1 is 0.457 bits per heavy atom. The molecule has 0 spiro atoms. The van der Waals surface area contributed by atoms with Crippen LogP contribution in [-0.2, 0) is 10.8 Å². The number of aryl methyl sites for hydroxylation is 1. The molecule has 0 aliphatic heterocycles. The van der Waals surface area contributed by atoms with Gasteiger partial charge in [-0.2, -0.15) is 0 Å². The maximum atomic E-state index is 14.3. The summed E-state index contributed by atoms with van der Waals surface area (Å²) in [4.78, 5) is 16.6. The highest BCUT2D eigenvalue weighted by Crippen LogP contribution is 2.54. The number of carbonyl (C=O) groups excluding carboxylic acids is 1. The summed E-state index contributed by atoms with van der Waals surface area (Å²) in [6.07, 6.45) is 0. The van der Waals surface area contributed by atoms with Crippen molar-refractivity contribution in [2.75, 3.05) is 4.90 Å². The van der Waals surface area contributed by atoms with Crippen LogP contribution in [0.3, 0.4) is 0 Å². The Morgan fingerprint density at radius 2 is 0.957 bits per heavy atom. The van der Waals surface area contributed by atoms with E-state index in [2.05, 4.69) is 155 Å². The molecule has 46 heavy (non-hydrogen) atoms. The molecule has 0 amide bonds. The molecule has 0 heterocycles. The average molecular weight is 594 g/mol. The summed E-state index contributed by atoms with van der Waals surface area (Å²) >= 11 is 0. The van der Waals surface area contributed by atoms with E-state index < -0.39 is 0 Å². The van der Waals surface area contributed by atoms with E-state index in [0.29, 0.717) is 0 Å². The Bertz CT molecular complexity index is 2200. The maximum Gasteiger partial charge on any atom is 0.196 e. The smallest absolute Gasteiger partial charge is 0.196 e. The Labute approximate surface area is 271 Å². The van der Waals surface area contributed by atoms with Crippen LogP contribution in [0.5, 0.6) is 0 Å². The normalized spacial score (nSPS) is 15.5. The van der Waals surface area contributed by atoms with Gasteiger partial charge in [0.1, 0.15) is 0 Å². The number of ketones is 1. The number of hydrogen-bond acceptors (Lipinski definition) is 2. The van der Waals surface area contributed by atoms with E-state index in [1.807, 2.05) is 6.07 Å². The minimum atomic E-state index is -0.141. The molecule has 2 nitrogen and oxygen atoms in total. The largest absolute Gasteiger partial charge is 0.310 e. The molecule has 0 bridgehead atoms. The number of benzene rings is 6. The molecule has 0 unspecified atom stereocenters. The van der Waals surface area contributed by atoms with E-state index in [1.165, 1.54) is 44.5 Å². The molecule has 3 aliphatic carbocycles. The summed E-state index contributed by atoms with van der Waals surface area (Å²) in [6, 6.07) is 43.9. The molecule has 0 fully saturated rings. The number of anilines is 3. The lowest BCUT2D eigenvalue weighted by atomic mass is 9.82. The average Bonchev–Trinajstić information content (AvgIpc) is 3.57. The van der Waals surface area contributed by atoms with Crippen molar-refractivity contribution in [3.63, 3.8) is 0 Å². The zero-order chi connectivity index (χ0) is 31.5. The third-order valence-corrected chi connectivity index (χ3v) is 10.9. The van der Waals surface area contributed by atoms with Gasteiger partial charge in [0.05, 0.1) is 11.3 Å². The number of rotatable bonds is 3. The topological polar surface area (TPSA) is 20.3 Å². The molecule has 0 radical (unpaired) electrons. The van der Waals surface area contributed by atoms with Crippen LogP contribution in [0.2, 0.25) is 0 Å². The minimum Gasteiger partial charge on any atom is -0.310 e. The monoisotopic (exact) mass is 593 g/mol. The minimum absolute atomic E-state index is 0.0945. The molecule has 0 saturated carbocycles. The van der Waals surface area contributed by atoms with E-state index in [4.69, 9.17) is 0 Å². The van der Waals surface area contributed by atoms with Gasteiger partial charge >= 0.3 is 0 Å². The van der Waals surface area contributed by atoms with E-state index in [-0.39, 0.29) is 16.6 Å². The molecule has 9 rings (SSSR count). The summed E-state index contributed by atoms with van der Waals surface area (Å²) in [7, 11) is 0. The number of nitrogens with zero attached hydrogens (tertiary/aromatic N) is 1. The van der Waals surface area contributed by atoms with Gasteiger partial charge in [0, 0.05) is 27.8 Å². The molecule has 6 aromatic rings. The molecule has 222 valence electrons. The van der Waals surface area contributed by atoms with Gasteiger partial charge in [-0.1, -0.05) is 118 Å². The first-order valence-electron chi connectivity index (χ1n) is 16.2. The molecule has 3 aliphatic rings. The lowest BCUT2D eigenvalue weighted by Gasteiger charge is -2.30. The third-order valence-electron chi connectivity index (χ3n) is 10.9. The van der Waals surface area contributed by atoms with Crippen LogP contribution in [0.25, 0.3) is 33.4 Å². The predicted molar refractivity (Wildman–Crippen MR) is 190 cm³/mol. The van der Waals surface area contributed by atoms with Gasteiger partial charge in [-0.05, 0) is 99.0 Å². The first-order chi connectivity index (χ1) is 22.2. The summed E-state index contributed by atoms with van der Waals surface area (Å²) in [5.74, 6) is 0.0945. The molecular formula is C44H35NO. The van der Waals surface area contributed by atoms with Crippen LogP contribution in [0, 0.1) is 6.92 Å². The highest BCUT2D eigenvalue weighted by atomic mass is 16.1. The Hall–Kier alpha value is -5.21. The van der Waals surface area contributed by atoms with Gasteiger partial charge in [-0.15, -0.1) is 0 Å². The van der Waals surface area contributed by atoms with E-state index in [1.54, 1.807) is 0 Å². The first kappa shape index (κ1) is 27.1. The van der Waals surface area contributed by atoms with E-state index >= 15 is 0 Å².